The van der Waals surface area contributed by atoms with Crippen molar-refractivity contribution in [3.63, 3.8) is 0 Å². The molecule has 6 nitrogen and oxygen atoms in total. The molecular formula is C19H21ClN2O4S. The minimum absolute atomic E-state index is 0.130. The Hall–Kier alpha value is -2.09. The van der Waals surface area contributed by atoms with Gasteiger partial charge in [-0.1, -0.05) is 35.9 Å². The van der Waals surface area contributed by atoms with Gasteiger partial charge in [0.2, 0.25) is 10.0 Å². The van der Waals surface area contributed by atoms with Crippen LogP contribution in [-0.2, 0) is 14.8 Å². The Morgan fingerprint density at radius 1 is 1.07 bits per heavy atom. The van der Waals surface area contributed by atoms with Gasteiger partial charge in [0.1, 0.15) is 5.75 Å². The summed E-state index contributed by atoms with van der Waals surface area (Å²) in [5.41, 5.74) is 0.988. The summed E-state index contributed by atoms with van der Waals surface area (Å²) >= 11 is 6.07. The Balaban J connectivity index is 1.56. The molecule has 0 aromatic heterocycles. The summed E-state index contributed by atoms with van der Waals surface area (Å²) in [6.07, 6.45) is 0. The summed E-state index contributed by atoms with van der Waals surface area (Å²) in [5, 5.41) is 0.451. The van der Waals surface area contributed by atoms with Crippen molar-refractivity contribution in [3.8, 4) is 5.75 Å². The van der Waals surface area contributed by atoms with Crippen LogP contribution in [0.2, 0.25) is 5.02 Å². The van der Waals surface area contributed by atoms with Crippen molar-refractivity contribution in [2.45, 2.75) is 11.8 Å². The summed E-state index contributed by atoms with van der Waals surface area (Å²) in [6.45, 7) is 2.96. The van der Waals surface area contributed by atoms with E-state index in [9.17, 15) is 13.2 Å². The normalized spacial score (nSPS) is 15.6. The van der Waals surface area contributed by atoms with Crippen molar-refractivity contribution < 1.29 is 17.9 Å². The van der Waals surface area contributed by atoms with Crippen LogP contribution in [0, 0.1) is 6.92 Å². The van der Waals surface area contributed by atoms with E-state index in [2.05, 4.69) is 0 Å². The van der Waals surface area contributed by atoms with E-state index in [1.807, 2.05) is 13.0 Å². The number of rotatable bonds is 5. The van der Waals surface area contributed by atoms with Crippen LogP contribution < -0.4 is 4.74 Å². The molecule has 8 heteroatoms. The smallest absolute Gasteiger partial charge is 0.260 e. The van der Waals surface area contributed by atoms with Gasteiger partial charge < -0.3 is 9.64 Å². The number of hydrogen-bond donors (Lipinski definition) is 0. The number of nitrogens with zero attached hydrogens (tertiary/aromatic N) is 2. The van der Waals surface area contributed by atoms with Crippen LogP contribution in [0.25, 0.3) is 0 Å². The number of piperazine rings is 1. The second kappa shape index (κ2) is 8.29. The third kappa shape index (κ3) is 4.61. The molecule has 1 amide bonds. The average Bonchev–Trinajstić information content (AvgIpc) is 2.69. The zero-order valence-corrected chi connectivity index (χ0v) is 16.5. The Kier molecular flexibility index (Phi) is 6.04. The lowest BCUT2D eigenvalue weighted by Crippen LogP contribution is -2.51. The van der Waals surface area contributed by atoms with E-state index in [0.717, 1.165) is 5.56 Å². The van der Waals surface area contributed by atoms with Crippen LogP contribution in [-0.4, -0.2) is 56.3 Å². The molecule has 0 saturated carbocycles. The highest BCUT2D eigenvalue weighted by atomic mass is 35.5. The highest BCUT2D eigenvalue weighted by molar-refractivity contribution is 7.89. The van der Waals surface area contributed by atoms with Gasteiger partial charge in [0.05, 0.1) is 9.92 Å². The number of carbonyl (C=O) groups is 1. The lowest BCUT2D eigenvalue weighted by Gasteiger charge is -2.34. The van der Waals surface area contributed by atoms with Gasteiger partial charge in [0, 0.05) is 26.2 Å². The fraction of sp³-hybridized carbons (Fsp3) is 0.316. The molecular weight excluding hydrogens is 388 g/mol. The number of amides is 1. The Morgan fingerprint density at radius 3 is 2.41 bits per heavy atom. The van der Waals surface area contributed by atoms with E-state index in [1.54, 1.807) is 47.4 Å². The molecule has 0 atom stereocenters. The molecule has 27 heavy (non-hydrogen) atoms. The monoisotopic (exact) mass is 408 g/mol. The highest BCUT2D eigenvalue weighted by Gasteiger charge is 2.30. The van der Waals surface area contributed by atoms with E-state index < -0.39 is 10.0 Å². The lowest BCUT2D eigenvalue weighted by atomic mass is 10.2. The molecule has 3 rings (SSSR count). The van der Waals surface area contributed by atoms with E-state index in [1.165, 1.54) is 4.31 Å². The van der Waals surface area contributed by atoms with Crippen molar-refractivity contribution in [1.29, 1.82) is 0 Å². The average molecular weight is 409 g/mol. The van der Waals surface area contributed by atoms with Gasteiger partial charge >= 0.3 is 0 Å². The third-order valence-electron chi connectivity index (χ3n) is 4.41. The largest absolute Gasteiger partial charge is 0.482 e. The molecule has 2 aromatic rings. The molecule has 1 aliphatic rings. The van der Waals surface area contributed by atoms with Crippen molar-refractivity contribution in [3.05, 3.63) is 59.1 Å². The van der Waals surface area contributed by atoms with E-state index >= 15 is 0 Å². The zero-order valence-electron chi connectivity index (χ0n) is 15.0. The van der Waals surface area contributed by atoms with Crippen LogP contribution in [0.1, 0.15) is 5.56 Å². The maximum atomic E-state index is 12.6. The van der Waals surface area contributed by atoms with E-state index in [4.69, 9.17) is 16.3 Å². The number of ether oxygens (including phenoxy) is 1. The zero-order chi connectivity index (χ0) is 19.4. The first kappa shape index (κ1) is 19.7. The van der Waals surface area contributed by atoms with Crippen molar-refractivity contribution in [2.75, 3.05) is 32.8 Å². The molecule has 1 heterocycles. The number of aryl methyl sites for hydroxylation is 1. The van der Waals surface area contributed by atoms with Crippen LogP contribution >= 0.6 is 11.6 Å². The number of benzene rings is 2. The molecule has 0 radical (unpaired) electrons. The maximum absolute atomic E-state index is 12.6. The maximum Gasteiger partial charge on any atom is 0.260 e. The molecule has 1 aliphatic heterocycles. The van der Waals surface area contributed by atoms with Crippen molar-refractivity contribution >= 4 is 27.5 Å². The van der Waals surface area contributed by atoms with Gasteiger partial charge in [-0.05, 0) is 36.8 Å². The van der Waals surface area contributed by atoms with Gasteiger partial charge in [-0.25, -0.2) is 8.42 Å². The van der Waals surface area contributed by atoms with Crippen molar-refractivity contribution in [1.82, 2.24) is 9.21 Å². The predicted octanol–water partition coefficient (Wildman–Crippen LogP) is 2.56. The van der Waals surface area contributed by atoms with Crippen LogP contribution in [0.5, 0.6) is 5.75 Å². The van der Waals surface area contributed by atoms with Crippen molar-refractivity contribution in [2.24, 2.45) is 0 Å². The van der Waals surface area contributed by atoms with E-state index in [-0.39, 0.29) is 30.5 Å². The molecule has 1 fully saturated rings. The Morgan fingerprint density at radius 2 is 1.74 bits per heavy atom. The first-order valence-electron chi connectivity index (χ1n) is 8.60. The van der Waals surface area contributed by atoms with Gasteiger partial charge in [0.15, 0.2) is 6.61 Å². The molecule has 0 N–H and O–H groups in total. The highest BCUT2D eigenvalue weighted by Crippen LogP contribution is 2.25. The summed E-state index contributed by atoms with van der Waals surface area (Å²) in [4.78, 5) is 14.3. The summed E-state index contributed by atoms with van der Waals surface area (Å²) < 4.78 is 32.2. The quantitative estimate of drug-likeness (QED) is 0.762. The molecule has 0 unspecified atom stereocenters. The van der Waals surface area contributed by atoms with Gasteiger partial charge in [0.25, 0.3) is 5.91 Å². The number of carbonyl (C=O) groups excluding carboxylic acids is 1. The topological polar surface area (TPSA) is 66.9 Å². The number of sulfonamides is 1. The fourth-order valence-corrected chi connectivity index (χ4v) is 4.49. The first-order chi connectivity index (χ1) is 12.9. The Labute approximate surface area is 164 Å². The standard InChI is InChI=1S/C19H21ClN2O4S/c1-15-7-8-17(20)18(13-15)26-14-19(23)21-9-11-22(12-10-21)27(24,25)16-5-3-2-4-6-16/h2-8,13H,9-12,14H2,1H3. The molecule has 0 spiro atoms. The molecule has 144 valence electrons. The fourth-order valence-electron chi connectivity index (χ4n) is 2.87. The Bertz CT molecular complexity index is 911. The van der Waals surface area contributed by atoms with Gasteiger partial charge in [-0.2, -0.15) is 4.31 Å². The van der Waals surface area contributed by atoms with Gasteiger partial charge in [-0.3, -0.25) is 4.79 Å². The first-order valence-corrected chi connectivity index (χ1v) is 10.4. The molecule has 2 aromatic carbocycles. The van der Waals surface area contributed by atoms with Crippen LogP contribution in [0.4, 0.5) is 0 Å². The summed E-state index contributed by atoms with van der Waals surface area (Å²) in [7, 11) is -3.53. The summed E-state index contributed by atoms with van der Waals surface area (Å²) in [5.74, 6) is 0.277. The lowest BCUT2D eigenvalue weighted by molar-refractivity contribution is -0.134. The second-order valence-corrected chi connectivity index (χ2v) is 8.67. The number of halogens is 1. The minimum atomic E-state index is -3.53. The van der Waals surface area contributed by atoms with Gasteiger partial charge in [-0.15, -0.1) is 0 Å². The SMILES string of the molecule is Cc1ccc(Cl)c(OCC(=O)N2CCN(S(=O)(=O)c3ccccc3)CC2)c1. The van der Waals surface area contributed by atoms with Crippen LogP contribution in [0.15, 0.2) is 53.4 Å². The molecule has 0 aliphatic carbocycles. The number of hydrogen-bond acceptors (Lipinski definition) is 4. The second-order valence-electron chi connectivity index (χ2n) is 6.32. The summed E-state index contributed by atoms with van der Waals surface area (Å²) in [6, 6.07) is 13.7. The minimum Gasteiger partial charge on any atom is -0.482 e. The molecule has 1 saturated heterocycles. The predicted molar refractivity (Wildman–Crippen MR) is 103 cm³/mol. The molecule has 0 bridgehead atoms. The third-order valence-corrected chi connectivity index (χ3v) is 6.64. The van der Waals surface area contributed by atoms with Crippen LogP contribution in [0.3, 0.4) is 0 Å². The van der Waals surface area contributed by atoms with E-state index in [0.29, 0.717) is 23.9 Å².